The zero-order valence-corrected chi connectivity index (χ0v) is 11.3. The number of benzene rings is 2. The first kappa shape index (κ1) is 12.3. The summed E-state index contributed by atoms with van der Waals surface area (Å²) in [5.74, 6) is 0.0689. The van der Waals surface area contributed by atoms with E-state index in [2.05, 4.69) is 15.9 Å². The van der Waals surface area contributed by atoms with Crippen molar-refractivity contribution in [2.24, 2.45) is 0 Å². The normalized spacial score (nSPS) is 10.2. The molecule has 2 aromatic carbocycles. The summed E-state index contributed by atoms with van der Waals surface area (Å²) >= 11 is 9.30. The lowest BCUT2D eigenvalue weighted by Gasteiger charge is -2.04. The Kier molecular flexibility index (Phi) is 3.97. The molecule has 0 aromatic heterocycles. The maximum Gasteiger partial charge on any atom is 0.167 e. The highest BCUT2D eigenvalue weighted by atomic mass is 79.9. The van der Waals surface area contributed by atoms with Crippen LogP contribution in [-0.4, -0.2) is 5.78 Å². The molecule has 0 fully saturated rings. The molecular weight excluding hydrogens is 300 g/mol. The van der Waals surface area contributed by atoms with Gasteiger partial charge in [0.2, 0.25) is 0 Å². The molecule has 0 N–H and O–H groups in total. The fourth-order valence-electron chi connectivity index (χ4n) is 1.58. The third kappa shape index (κ3) is 3.18. The molecule has 0 saturated carbocycles. The molecule has 0 unspecified atom stereocenters. The summed E-state index contributed by atoms with van der Waals surface area (Å²) < 4.78 is 0.954. The van der Waals surface area contributed by atoms with Gasteiger partial charge in [0.15, 0.2) is 5.78 Å². The van der Waals surface area contributed by atoms with Crippen molar-refractivity contribution in [1.82, 2.24) is 0 Å². The molecular formula is C14H10BrClO. The maximum absolute atomic E-state index is 12.0. The quantitative estimate of drug-likeness (QED) is 0.761. The first-order valence-electron chi connectivity index (χ1n) is 5.19. The predicted molar refractivity (Wildman–Crippen MR) is 73.6 cm³/mol. The fourth-order valence-corrected chi connectivity index (χ4v) is 2.19. The zero-order chi connectivity index (χ0) is 12.3. The molecule has 1 nitrogen and oxygen atoms in total. The Morgan fingerprint density at radius 2 is 1.88 bits per heavy atom. The number of hydrogen-bond donors (Lipinski definition) is 0. The first-order valence-corrected chi connectivity index (χ1v) is 6.36. The lowest BCUT2D eigenvalue weighted by atomic mass is 10.0. The van der Waals surface area contributed by atoms with Crippen molar-refractivity contribution in [3.05, 3.63) is 69.2 Å². The largest absolute Gasteiger partial charge is 0.294 e. The van der Waals surface area contributed by atoms with E-state index in [9.17, 15) is 4.79 Å². The Hall–Kier alpha value is -1.12. The molecule has 0 radical (unpaired) electrons. The van der Waals surface area contributed by atoms with E-state index in [1.807, 2.05) is 24.3 Å². The van der Waals surface area contributed by atoms with E-state index in [0.717, 1.165) is 10.0 Å². The van der Waals surface area contributed by atoms with Crippen molar-refractivity contribution in [3.63, 3.8) is 0 Å². The van der Waals surface area contributed by atoms with Crippen LogP contribution in [0, 0.1) is 0 Å². The van der Waals surface area contributed by atoms with Gasteiger partial charge in [0.25, 0.3) is 0 Å². The van der Waals surface area contributed by atoms with Gasteiger partial charge in [-0.2, -0.15) is 0 Å². The van der Waals surface area contributed by atoms with Crippen LogP contribution in [0.15, 0.2) is 53.0 Å². The molecule has 0 aliphatic rings. The topological polar surface area (TPSA) is 17.1 Å². The molecule has 17 heavy (non-hydrogen) atoms. The third-order valence-electron chi connectivity index (χ3n) is 2.46. The van der Waals surface area contributed by atoms with Gasteiger partial charge < -0.3 is 0 Å². The van der Waals surface area contributed by atoms with Crippen LogP contribution in [0.4, 0.5) is 0 Å². The molecule has 3 heteroatoms. The van der Waals surface area contributed by atoms with Crippen LogP contribution in [0.2, 0.25) is 5.02 Å². The lowest BCUT2D eigenvalue weighted by Crippen LogP contribution is -2.03. The Bertz CT molecular complexity index is 551. The van der Waals surface area contributed by atoms with Gasteiger partial charge in [-0.1, -0.05) is 57.9 Å². The maximum atomic E-state index is 12.0. The van der Waals surface area contributed by atoms with Crippen molar-refractivity contribution < 1.29 is 4.79 Å². The molecule has 2 rings (SSSR count). The summed E-state index contributed by atoms with van der Waals surface area (Å²) in [6, 6.07) is 14.7. The van der Waals surface area contributed by atoms with Gasteiger partial charge in [-0.25, -0.2) is 0 Å². The standard InChI is InChI=1S/C14H10BrClO/c15-13-7-2-1-4-10(13)9-14(17)11-5-3-6-12(16)8-11/h1-8H,9H2. The molecule has 0 amide bonds. The van der Waals surface area contributed by atoms with E-state index in [1.54, 1.807) is 24.3 Å². The molecule has 0 atom stereocenters. The van der Waals surface area contributed by atoms with Gasteiger partial charge in [0.1, 0.15) is 0 Å². The Balaban J connectivity index is 2.20. The summed E-state index contributed by atoms with van der Waals surface area (Å²) in [6.45, 7) is 0. The molecule has 86 valence electrons. The summed E-state index contributed by atoms with van der Waals surface area (Å²) in [4.78, 5) is 12.0. The number of halogens is 2. The third-order valence-corrected chi connectivity index (χ3v) is 3.46. The molecule has 0 saturated heterocycles. The van der Waals surface area contributed by atoms with Crippen molar-refractivity contribution >= 4 is 33.3 Å². The second kappa shape index (κ2) is 5.48. The highest BCUT2D eigenvalue weighted by Gasteiger charge is 2.09. The molecule has 0 bridgehead atoms. The second-order valence-electron chi connectivity index (χ2n) is 3.70. The lowest BCUT2D eigenvalue weighted by molar-refractivity contribution is 0.0993. The Morgan fingerprint density at radius 1 is 1.12 bits per heavy atom. The average Bonchev–Trinajstić information content (AvgIpc) is 2.32. The number of rotatable bonds is 3. The van der Waals surface area contributed by atoms with E-state index < -0.39 is 0 Å². The van der Waals surface area contributed by atoms with E-state index >= 15 is 0 Å². The molecule has 0 aliphatic heterocycles. The minimum atomic E-state index is 0.0689. The minimum absolute atomic E-state index is 0.0689. The Labute approximate surface area is 114 Å². The summed E-state index contributed by atoms with van der Waals surface area (Å²) in [5.41, 5.74) is 1.63. The van der Waals surface area contributed by atoms with Crippen LogP contribution < -0.4 is 0 Å². The number of Topliss-reactive ketones (excluding diaryl/α,β-unsaturated/α-hetero) is 1. The average molecular weight is 310 g/mol. The number of ketones is 1. The minimum Gasteiger partial charge on any atom is -0.294 e. The molecule has 0 heterocycles. The van der Waals surface area contributed by atoms with Gasteiger partial charge in [-0.05, 0) is 23.8 Å². The second-order valence-corrected chi connectivity index (χ2v) is 4.99. The van der Waals surface area contributed by atoms with E-state index in [4.69, 9.17) is 11.6 Å². The molecule has 2 aromatic rings. The summed E-state index contributed by atoms with van der Waals surface area (Å²) in [5, 5.41) is 0.586. The van der Waals surface area contributed by atoms with Crippen molar-refractivity contribution in [2.45, 2.75) is 6.42 Å². The van der Waals surface area contributed by atoms with E-state index in [1.165, 1.54) is 0 Å². The molecule has 0 spiro atoms. The van der Waals surface area contributed by atoms with Gasteiger partial charge in [-0.3, -0.25) is 4.79 Å². The van der Waals surface area contributed by atoms with E-state index in [0.29, 0.717) is 17.0 Å². The number of hydrogen-bond acceptors (Lipinski definition) is 1. The fraction of sp³-hybridized carbons (Fsp3) is 0.0714. The van der Waals surface area contributed by atoms with Crippen LogP contribution in [0.3, 0.4) is 0 Å². The summed E-state index contributed by atoms with van der Waals surface area (Å²) in [6.07, 6.45) is 0.377. The summed E-state index contributed by atoms with van der Waals surface area (Å²) in [7, 11) is 0. The van der Waals surface area contributed by atoms with Crippen LogP contribution in [0.5, 0.6) is 0 Å². The van der Waals surface area contributed by atoms with Gasteiger partial charge in [0.05, 0.1) is 0 Å². The number of carbonyl (C=O) groups excluding carboxylic acids is 1. The molecule has 0 aliphatic carbocycles. The van der Waals surface area contributed by atoms with Gasteiger partial charge in [0, 0.05) is 21.5 Å². The SMILES string of the molecule is O=C(Cc1ccccc1Br)c1cccc(Cl)c1. The van der Waals surface area contributed by atoms with E-state index in [-0.39, 0.29) is 5.78 Å². The Morgan fingerprint density at radius 3 is 2.59 bits per heavy atom. The van der Waals surface area contributed by atoms with Crippen molar-refractivity contribution in [2.75, 3.05) is 0 Å². The van der Waals surface area contributed by atoms with Gasteiger partial charge in [-0.15, -0.1) is 0 Å². The first-order chi connectivity index (χ1) is 8.16. The smallest absolute Gasteiger partial charge is 0.167 e. The number of carbonyl (C=O) groups is 1. The zero-order valence-electron chi connectivity index (χ0n) is 8.99. The highest BCUT2D eigenvalue weighted by molar-refractivity contribution is 9.10. The highest BCUT2D eigenvalue weighted by Crippen LogP contribution is 2.19. The van der Waals surface area contributed by atoms with Crippen molar-refractivity contribution in [3.8, 4) is 0 Å². The van der Waals surface area contributed by atoms with Crippen LogP contribution >= 0.6 is 27.5 Å². The van der Waals surface area contributed by atoms with Crippen LogP contribution in [0.25, 0.3) is 0 Å². The predicted octanol–water partition coefficient (Wildman–Crippen LogP) is 4.53. The van der Waals surface area contributed by atoms with Crippen LogP contribution in [0.1, 0.15) is 15.9 Å². The van der Waals surface area contributed by atoms with Crippen LogP contribution in [-0.2, 0) is 6.42 Å². The van der Waals surface area contributed by atoms with Crippen molar-refractivity contribution in [1.29, 1.82) is 0 Å². The monoisotopic (exact) mass is 308 g/mol. The van der Waals surface area contributed by atoms with Gasteiger partial charge >= 0.3 is 0 Å².